The van der Waals surface area contributed by atoms with Crippen molar-refractivity contribution >= 4 is 6.09 Å². The molecule has 2 aromatic rings. The van der Waals surface area contributed by atoms with Crippen molar-refractivity contribution in [3.63, 3.8) is 0 Å². The second-order valence-electron chi connectivity index (χ2n) is 9.81. The fourth-order valence-corrected chi connectivity index (χ4v) is 4.34. The number of ether oxygens (including phenoxy) is 3. The summed E-state index contributed by atoms with van der Waals surface area (Å²) < 4.78 is 17.3. The van der Waals surface area contributed by atoms with Crippen molar-refractivity contribution < 1.29 is 19.0 Å². The van der Waals surface area contributed by atoms with Gasteiger partial charge in [0.15, 0.2) is 0 Å². The second-order valence-corrected chi connectivity index (χ2v) is 9.81. The maximum absolute atomic E-state index is 12.8. The lowest BCUT2D eigenvalue weighted by Crippen LogP contribution is -2.44. The van der Waals surface area contributed by atoms with E-state index >= 15 is 0 Å². The van der Waals surface area contributed by atoms with Gasteiger partial charge in [-0.3, -0.25) is 4.98 Å². The predicted octanol–water partition coefficient (Wildman–Crippen LogP) is 5.78. The maximum Gasteiger partial charge on any atom is 0.410 e. The van der Waals surface area contributed by atoms with Crippen LogP contribution in [-0.4, -0.2) is 35.2 Å². The van der Waals surface area contributed by atoms with Gasteiger partial charge in [0.05, 0.1) is 18.8 Å². The zero-order valence-electron chi connectivity index (χ0n) is 20.6. The number of methoxy groups -OCH3 is 1. The number of hydrogen-bond acceptors (Lipinski definition) is 5. The molecule has 1 aromatic carbocycles. The largest absolute Gasteiger partial charge is 0.496 e. The van der Waals surface area contributed by atoms with Crippen LogP contribution in [0.3, 0.4) is 0 Å². The second kappa shape index (κ2) is 9.39. The van der Waals surface area contributed by atoms with E-state index in [1.54, 1.807) is 7.11 Å². The van der Waals surface area contributed by atoms with Gasteiger partial charge < -0.3 is 19.1 Å². The average molecular weight is 441 g/mol. The van der Waals surface area contributed by atoms with Crippen molar-refractivity contribution in [2.75, 3.05) is 13.7 Å². The molecule has 0 fully saturated rings. The Morgan fingerprint density at radius 2 is 1.97 bits per heavy atom. The summed E-state index contributed by atoms with van der Waals surface area (Å²) in [7, 11) is 1.68. The molecule has 1 aliphatic heterocycles. The van der Waals surface area contributed by atoms with E-state index in [-0.39, 0.29) is 18.1 Å². The number of aromatic nitrogens is 1. The van der Waals surface area contributed by atoms with Gasteiger partial charge in [0.2, 0.25) is 0 Å². The van der Waals surface area contributed by atoms with Gasteiger partial charge in [0.25, 0.3) is 0 Å². The third-order valence-corrected chi connectivity index (χ3v) is 5.78. The third kappa shape index (κ3) is 5.17. The van der Waals surface area contributed by atoms with Crippen molar-refractivity contribution in [3.8, 4) is 11.5 Å². The highest BCUT2D eigenvalue weighted by Gasteiger charge is 2.35. The van der Waals surface area contributed by atoms with Crippen molar-refractivity contribution in [1.29, 1.82) is 0 Å². The first-order chi connectivity index (χ1) is 15.0. The highest BCUT2D eigenvalue weighted by Crippen LogP contribution is 2.38. The SMILES string of the molecule is COc1c(C)cnc(COc2ccc3c(c2)CCN(C(=O)OC(C)(C)C)C3C(C)C)c1C. The minimum absolute atomic E-state index is 0.0204. The molecule has 1 aromatic heterocycles. The summed E-state index contributed by atoms with van der Waals surface area (Å²) in [6.45, 7) is 15.0. The van der Waals surface area contributed by atoms with Crippen LogP contribution < -0.4 is 9.47 Å². The van der Waals surface area contributed by atoms with E-state index in [0.29, 0.717) is 13.2 Å². The average Bonchev–Trinajstić information content (AvgIpc) is 2.71. The van der Waals surface area contributed by atoms with Gasteiger partial charge in [-0.2, -0.15) is 0 Å². The predicted molar refractivity (Wildman–Crippen MR) is 125 cm³/mol. The first kappa shape index (κ1) is 23.9. The molecule has 0 spiro atoms. The van der Waals surface area contributed by atoms with E-state index in [1.165, 1.54) is 5.56 Å². The topological polar surface area (TPSA) is 60.9 Å². The molecular weight excluding hydrogens is 404 g/mol. The van der Waals surface area contributed by atoms with Gasteiger partial charge in [0, 0.05) is 23.9 Å². The van der Waals surface area contributed by atoms with E-state index in [4.69, 9.17) is 14.2 Å². The first-order valence-electron chi connectivity index (χ1n) is 11.3. The molecule has 1 amide bonds. The summed E-state index contributed by atoms with van der Waals surface area (Å²) in [6, 6.07) is 6.14. The molecule has 3 rings (SSSR count). The molecule has 6 nitrogen and oxygen atoms in total. The molecule has 6 heteroatoms. The van der Waals surface area contributed by atoms with Crippen LogP contribution in [-0.2, 0) is 17.8 Å². The zero-order valence-corrected chi connectivity index (χ0v) is 20.6. The van der Waals surface area contributed by atoms with Crippen LogP contribution in [0, 0.1) is 19.8 Å². The number of nitrogens with zero attached hydrogens (tertiary/aromatic N) is 2. The maximum atomic E-state index is 12.8. The number of fused-ring (bicyclic) bond motifs is 1. The molecule has 32 heavy (non-hydrogen) atoms. The Morgan fingerprint density at radius 3 is 2.59 bits per heavy atom. The third-order valence-electron chi connectivity index (χ3n) is 5.78. The first-order valence-corrected chi connectivity index (χ1v) is 11.3. The lowest BCUT2D eigenvalue weighted by atomic mass is 9.86. The van der Waals surface area contributed by atoms with Crippen molar-refractivity contribution in [2.45, 2.75) is 73.1 Å². The summed E-state index contributed by atoms with van der Waals surface area (Å²) in [5, 5.41) is 0. The Balaban J connectivity index is 1.79. The Labute approximate surface area is 191 Å². The summed E-state index contributed by atoms with van der Waals surface area (Å²) in [4.78, 5) is 19.2. The Kier molecular flexibility index (Phi) is 7.01. The number of carbonyl (C=O) groups excluding carboxylic acids is 1. The number of amides is 1. The molecule has 1 atom stereocenters. The normalized spacial score (nSPS) is 16.0. The Bertz CT molecular complexity index is 979. The monoisotopic (exact) mass is 440 g/mol. The summed E-state index contributed by atoms with van der Waals surface area (Å²) in [6.07, 6.45) is 2.33. The van der Waals surface area contributed by atoms with Crippen LogP contribution in [0.25, 0.3) is 0 Å². The Morgan fingerprint density at radius 1 is 1.25 bits per heavy atom. The molecule has 1 aliphatic rings. The molecular formula is C26H36N2O4. The summed E-state index contributed by atoms with van der Waals surface area (Å²) in [5.74, 6) is 1.92. The number of pyridine rings is 1. The van der Waals surface area contributed by atoms with Crippen LogP contribution in [0.2, 0.25) is 0 Å². The number of benzene rings is 1. The molecule has 1 unspecified atom stereocenters. The molecule has 174 valence electrons. The van der Waals surface area contributed by atoms with Gasteiger partial charge in [-0.25, -0.2) is 4.79 Å². The number of rotatable bonds is 5. The van der Waals surface area contributed by atoms with Crippen LogP contribution in [0.1, 0.15) is 68.6 Å². The van der Waals surface area contributed by atoms with Crippen molar-refractivity contribution in [3.05, 3.63) is 52.3 Å². The molecule has 0 bridgehead atoms. The van der Waals surface area contributed by atoms with Gasteiger partial charge in [-0.05, 0) is 70.2 Å². The number of carbonyl (C=O) groups is 1. The minimum Gasteiger partial charge on any atom is -0.496 e. The van der Waals surface area contributed by atoms with E-state index in [2.05, 4.69) is 31.0 Å². The number of hydrogen-bond donors (Lipinski definition) is 0. The van der Waals surface area contributed by atoms with Gasteiger partial charge in [-0.15, -0.1) is 0 Å². The molecule has 0 saturated carbocycles. The van der Waals surface area contributed by atoms with E-state index in [0.717, 1.165) is 40.3 Å². The van der Waals surface area contributed by atoms with E-state index < -0.39 is 5.60 Å². The quantitative estimate of drug-likeness (QED) is 0.590. The highest BCUT2D eigenvalue weighted by atomic mass is 16.6. The molecule has 0 radical (unpaired) electrons. The Hall–Kier alpha value is -2.76. The standard InChI is InChI=1S/C26H36N2O4/c1-16(2)23-21-10-9-20(31-15-22-18(4)24(30-8)17(3)14-27-22)13-19(21)11-12-28(23)25(29)32-26(5,6)7/h9-10,13-14,16,23H,11-12,15H2,1-8H3. The van der Waals surface area contributed by atoms with Crippen LogP contribution in [0.5, 0.6) is 11.5 Å². The number of aryl methyl sites for hydroxylation is 1. The van der Waals surface area contributed by atoms with Gasteiger partial charge >= 0.3 is 6.09 Å². The molecule has 2 heterocycles. The van der Waals surface area contributed by atoms with Crippen molar-refractivity contribution in [2.24, 2.45) is 5.92 Å². The van der Waals surface area contributed by atoms with E-state index in [9.17, 15) is 4.79 Å². The zero-order chi connectivity index (χ0) is 23.6. The van der Waals surface area contributed by atoms with Gasteiger partial charge in [-0.1, -0.05) is 19.9 Å². The lowest BCUT2D eigenvalue weighted by molar-refractivity contribution is 0.00876. The van der Waals surface area contributed by atoms with Crippen LogP contribution in [0.15, 0.2) is 24.4 Å². The summed E-state index contributed by atoms with van der Waals surface area (Å²) >= 11 is 0. The molecule has 0 N–H and O–H groups in total. The molecule has 0 saturated heterocycles. The fourth-order valence-electron chi connectivity index (χ4n) is 4.34. The molecule has 0 aliphatic carbocycles. The highest BCUT2D eigenvalue weighted by molar-refractivity contribution is 5.69. The smallest absolute Gasteiger partial charge is 0.410 e. The van der Waals surface area contributed by atoms with Crippen LogP contribution >= 0.6 is 0 Å². The van der Waals surface area contributed by atoms with Gasteiger partial charge in [0.1, 0.15) is 23.7 Å². The lowest BCUT2D eigenvalue weighted by Gasteiger charge is -2.40. The van der Waals surface area contributed by atoms with E-state index in [1.807, 2.05) is 51.8 Å². The summed E-state index contributed by atoms with van der Waals surface area (Å²) in [5.41, 5.74) is 4.74. The van der Waals surface area contributed by atoms with Crippen LogP contribution in [0.4, 0.5) is 4.79 Å². The minimum atomic E-state index is -0.512. The fraction of sp³-hybridized carbons (Fsp3) is 0.538. The van der Waals surface area contributed by atoms with Crippen molar-refractivity contribution in [1.82, 2.24) is 9.88 Å².